The van der Waals surface area contributed by atoms with E-state index in [-0.39, 0.29) is 36.7 Å². The normalized spacial score (nSPS) is 11.4. The van der Waals surface area contributed by atoms with Gasteiger partial charge in [-0.1, -0.05) is 19.9 Å². The average molecular weight is 412 g/mol. The Morgan fingerprint density at radius 2 is 1.89 bits per heavy atom. The number of benzene rings is 1. The zero-order valence-corrected chi connectivity index (χ0v) is 17.3. The number of hydrogen-bond donors (Lipinski definition) is 2. The molecule has 1 heterocycles. The van der Waals surface area contributed by atoms with E-state index in [1.807, 2.05) is 43.5 Å². The summed E-state index contributed by atoms with van der Waals surface area (Å²) in [6.45, 7) is 4.07. The highest BCUT2D eigenvalue weighted by molar-refractivity contribution is 7.09. The molecule has 1 aromatic carbocycles. The van der Waals surface area contributed by atoms with Gasteiger partial charge in [0.2, 0.25) is 11.8 Å². The van der Waals surface area contributed by atoms with Crippen LogP contribution in [-0.4, -0.2) is 31.5 Å². The van der Waals surface area contributed by atoms with Crippen LogP contribution in [0.5, 0.6) is 5.75 Å². The Morgan fingerprint density at radius 1 is 1.22 bits per heavy atom. The Morgan fingerprint density at radius 3 is 2.41 bits per heavy atom. The number of nitrogens with two attached hydrogens (primary N) is 1. The highest BCUT2D eigenvalue weighted by atomic mass is 35.5. The van der Waals surface area contributed by atoms with Crippen LogP contribution in [0.4, 0.5) is 5.69 Å². The lowest BCUT2D eigenvalue weighted by molar-refractivity contribution is -0.126. The fraction of sp³-hybridized carbons (Fsp3) is 0.368. The van der Waals surface area contributed by atoms with Gasteiger partial charge in [0.05, 0.1) is 26.2 Å². The second kappa shape index (κ2) is 10.9. The number of carbonyl (C=O) groups excluding carboxylic acids is 2. The van der Waals surface area contributed by atoms with Crippen molar-refractivity contribution in [3.63, 3.8) is 0 Å². The van der Waals surface area contributed by atoms with Gasteiger partial charge < -0.3 is 20.7 Å². The maximum Gasteiger partial charge on any atom is 0.246 e. The topological polar surface area (TPSA) is 84.7 Å². The highest BCUT2D eigenvalue weighted by Gasteiger charge is 2.21. The van der Waals surface area contributed by atoms with Crippen molar-refractivity contribution in [1.82, 2.24) is 5.32 Å². The number of methoxy groups -OCH3 is 1. The van der Waals surface area contributed by atoms with Crippen LogP contribution < -0.4 is 20.7 Å². The van der Waals surface area contributed by atoms with Crippen LogP contribution in [0.1, 0.15) is 18.7 Å². The number of ether oxygens (including phenoxy) is 1. The molecule has 8 heteroatoms. The van der Waals surface area contributed by atoms with E-state index in [1.165, 1.54) is 0 Å². The first-order valence-corrected chi connectivity index (χ1v) is 9.30. The van der Waals surface area contributed by atoms with Crippen molar-refractivity contribution in [3.8, 4) is 5.75 Å². The first kappa shape index (κ1) is 23.0. The Kier molecular flexibility index (Phi) is 9.28. The van der Waals surface area contributed by atoms with E-state index in [1.54, 1.807) is 35.5 Å². The number of anilines is 1. The Hall–Kier alpha value is -2.09. The summed E-state index contributed by atoms with van der Waals surface area (Å²) < 4.78 is 5.17. The third kappa shape index (κ3) is 6.53. The van der Waals surface area contributed by atoms with Crippen LogP contribution in [0.3, 0.4) is 0 Å². The minimum Gasteiger partial charge on any atom is -0.497 e. The van der Waals surface area contributed by atoms with Gasteiger partial charge >= 0.3 is 0 Å². The standard InChI is InChI=1S/C19H25N3O3S.ClH/c1-13(2)18(20)19(24)21-11-17(23)22(12-16-5-4-10-26-16)14-6-8-15(25-3)9-7-14;/h4-10,13,18H,11-12,20H2,1-3H3,(H,21,24);1H/t18-;/m0./s1. The Labute approximate surface area is 170 Å². The maximum absolute atomic E-state index is 12.8. The highest BCUT2D eigenvalue weighted by Crippen LogP contribution is 2.22. The van der Waals surface area contributed by atoms with Gasteiger partial charge in [0.15, 0.2) is 0 Å². The third-order valence-electron chi connectivity index (χ3n) is 4.01. The van der Waals surface area contributed by atoms with Crippen molar-refractivity contribution in [3.05, 3.63) is 46.7 Å². The predicted octanol–water partition coefficient (Wildman–Crippen LogP) is 2.81. The van der Waals surface area contributed by atoms with Crippen LogP contribution >= 0.6 is 23.7 Å². The molecular weight excluding hydrogens is 386 g/mol. The van der Waals surface area contributed by atoms with Gasteiger partial charge in [0.25, 0.3) is 0 Å². The molecule has 2 aromatic rings. The molecule has 6 nitrogen and oxygen atoms in total. The van der Waals surface area contributed by atoms with Gasteiger partial charge in [-0.15, -0.1) is 23.7 Å². The largest absolute Gasteiger partial charge is 0.497 e. The van der Waals surface area contributed by atoms with Crippen LogP contribution in [-0.2, 0) is 16.1 Å². The van der Waals surface area contributed by atoms with Gasteiger partial charge in [-0.3, -0.25) is 9.59 Å². The van der Waals surface area contributed by atoms with Crippen molar-refractivity contribution in [2.45, 2.75) is 26.4 Å². The fourth-order valence-electron chi connectivity index (χ4n) is 2.32. The number of halogens is 1. The van der Waals surface area contributed by atoms with Gasteiger partial charge in [0, 0.05) is 10.6 Å². The zero-order valence-electron chi connectivity index (χ0n) is 15.7. The summed E-state index contributed by atoms with van der Waals surface area (Å²) in [5.41, 5.74) is 6.57. The number of nitrogens with zero attached hydrogens (tertiary/aromatic N) is 1. The maximum atomic E-state index is 12.8. The molecule has 0 aliphatic rings. The molecule has 0 spiro atoms. The van der Waals surface area contributed by atoms with Gasteiger partial charge in [-0.25, -0.2) is 0 Å². The Bertz CT molecular complexity index is 720. The molecular formula is C19H26ClN3O3S. The molecule has 0 radical (unpaired) electrons. The lowest BCUT2D eigenvalue weighted by Crippen LogP contribution is -2.47. The lowest BCUT2D eigenvalue weighted by atomic mass is 10.1. The van der Waals surface area contributed by atoms with Gasteiger partial charge in [0.1, 0.15) is 5.75 Å². The van der Waals surface area contributed by atoms with Crippen molar-refractivity contribution in [1.29, 1.82) is 0 Å². The van der Waals surface area contributed by atoms with E-state index in [9.17, 15) is 9.59 Å². The lowest BCUT2D eigenvalue weighted by Gasteiger charge is -2.23. The summed E-state index contributed by atoms with van der Waals surface area (Å²) in [5, 5.41) is 4.61. The minimum atomic E-state index is -0.630. The summed E-state index contributed by atoms with van der Waals surface area (Å²) >= 11 is 1.58. The van der Waals surface area contributed by atoms with Gasteiger partial charge in [-0.05, 0) is 41.6 Å². The van der Waals surface area contributed by atoms with E-state index in [4.69, 9.17) is 10.5 Å². The molecule has 0 fully saturated rings. The number of rotatable bonds is 8. The first-order valence-electron chi connectivity index (χ1n) is 8.42. The number of nitrogens with one attached hydrogen (secondary N) is 1. The fourth-order valence-corrected chi connectivity index (χ4v) is 3.02. The molecule has 0 unspecified atom stereocenters. The first-order chi connectivity index (χ1) is 12.4. The summed E-state index contributed by atoms with van der Waals surface area (Å²) in [6, 6.07) is 10.5. The van der Waals surface area contributed by atoms with Gasteiger partial charge in [-0.2, -0.15) is 0 Å². The molecule has 2 amide bonds. The molecule has 0 aliphatic carbocycles. The molecule has 3 N–H and O–H groups in total. The van der Waals surface area contributed by atoms with E-state index >= 15 is 0 Å². The van der Waals surface area contributed by atoms with Crippen LogP contribution in [0.15, 0.2) is 41.8 Å². The molecule has 1 aromatic heterocycles. The van der Waals surface area contributed by atoms with E-state index < -0.39 is 6.04 Å². The quantitative estimate of drug-likeness (QED) is 0.699. The summed E-state index contributed by atoms with van der Waals surface area (Å²) in [4.78, 5) is 27.5. The number of hydrogen-bond acceptors (Lipinski definition) is 5. The Balaban J connectivity index is 0.00000364. The van der Waals surface area contributed by atoms with E-state index in [2.05, 4.69) is 5.32 Å². The SMILES string of the molecule is COc1ccc(N(Cc2cccs2)C(=O)CNC(=O)[C@@H](N)C(C)C)cc1.Cl. The summed E-state index contributed by atoms with van der Waals surface area (Å²) in [7, 11) is 1.59. The minimum absolute atomic E-state index is 0. The number of thiophene rings is 1. The average Bonchev–Trinajstić information content (AvgIpc) is 3.16. The van der Waals surface area contributed by atoms with Crippen LogP contribution in [0.25, 0.3) is 0 Å². The monoisotopic (exact) mass is 411 g/mol. The summed E-state index contributed by atoms with van der Waals surface area (Å²) in [5.74, 6) is 0.203. The molecule has 0 aliphatic heterocycles. The molecule has 0 saturated carbocycles. The summed E-state index contributed by atoms with van der Waals surface area (Å²) in [6.07, 6.45) is 0. The zero-order chi connectivity index (χ0) is 19.1. The van der Waals surface area contributed by atoms with E-state index in [0.29, 0.717) is 12.3 Å². The third-order valence-corrected chi connectivity index (χ3v) is 4.88. The van der Waals surface area contributed by atoms with Crippen molar-refractivity contribution >= 4 is 41.2 Å². The predicted molar refractivity (Wildman–Crippen MR) is 112 cm³/mol. The second-order valence-electron chi connectivity index (χ2n) is 6.24. The molecule has 0 saturated heterocycles. The smallest absolute Gasteiger partial charge is 0.246 e. The van der Waals surface area contributed by atoms with Crippen LogP contribution in [0.2, 0.25) is 0 Å². The number of carbonyl (C=O) groups is 2. The molecule has 148 valence electrons. The molecule has 2 rings (SSSR count). The molecule has 0 bridgehead atoms. The van der Waals surface area contributed by atoms with E-state index in [0.717, 1.165) is 10.6 Å². The van der Waals surface area contributed by atoms with Crippen molar-refractivity contribution in [2.75, 3.05) is 18.6 Å². The number of amides is 2. The molecule has 27 heavy (non-hydrogen) atoms. The van der Waals surface area contributed by atoms with Crippen molar-refractivity contribution < 1.29 is 14.3 Å². The molecule has 1 atom stereocenters. The van der Waals surface area contributed by atoms with Crippen molar-refractivity contribution in [2.24, 2.45) is 11.7 Å². The second-order valence-corrected chi connectivity index (χ2v) is 7.28. The van der Waals surface area contributed by atoms with Crippen LogP contribution in [0, 0.1) is 5.92 Å².